The van der Waals surface area contributed by atoms with Gasteiger partial charge in [0, 0.05) is 18.6 Å². The maximum atomic E-state index is 3.63. The summed E-state index contributed by atoms with van der Waals surface area (Å²) in [6.07, 6.45) is 5.36. The molecular formula is C13H28N2. The Bertz CT molecular complexity index is 164. The molecule has 0 aliphatic heterocycles. The molecule has 0 bridgehead atoms. The van der Waals surface area contributed by atoms with E-state index in [9.17, 15) is 0 Å². The molecule has 2 nitrogen and oxygen atoms in total. The second-order valence-electron chi connectivity index (χ2n) is 5.41. The lowest BCUT2D eigenvalue weighted by Gasteiger charge is -2.28. The molecule has 0 aromatic heterocycles. The van der Waals surface area contributed by atoms with E-state index >= 15 is 0 Å². The van der Waals surface area contributed by atoms with Gasteiger partial charge in [-0.3, -0.25) is 0 Å². The third-order valence-electron chi connectivity index (χ3n) is 3.37. The van der Waals surface area contributed by atoms with Crippen LogP contribution >= 0.6 is 0 Å². The summed E-state index contributed by atoms with van der Waals surface area (Å²) >= 11 is 0. The lowest BCUT2D eigenvalue weighted by Crippen LogP contribution is -2.41. The predicted octanol–water partition coefficient (Wildman–Crippen LogP) is 2.49. The van der Waals surface area contributed by atoms with Crippen LogP contribution in [0.2, 0.25) is 0 Å². The summed E-state index contributed by atoms with van der Waals surface area (Å²) in [5.74, 6) is 0.821. The Morgan fingerprint density at radius 3 is 2.47 bits per heavy atom. The molecule has 1 unspecified atom stereocenters. The van der Waals surface area contributed by atoms with Crippen LogP contribution in [-0.2, 0) is 0 Å². The predicted molar refractivity (Wildman–Crippen MR) is 67.2 cm³/mol. The van der Waals surface area contributed by atoms with Crippen LogP contribution in [0, 0.1) is 5.92 Å². The van der Waals surface area contributed by atoms with E-state index < -0.39 is 0 Å². The lowest BCUT2D eigenvalue weighted by atomic mass is 10.1. The van der Waals surface area contributed by atoms with Crippen molar-refractivity contribution in [3.8, 4) is 0 Å². The molecule has 90 valence electrons. The fourth-order valence-corrected chi connectivity index (χ4v) is 1.85. The fourth-order valence-electron chi connectivity index (χ4n) is 1.85. The minimum atomic E-state index is 0.726. The number of nitrogens with zero attached hydrogens (tertiary/aromatic N) is 1. The molecule has 0 aromatic rings. The number of nitrogens with one attached hydrogen (secondary N) is 1. The molecule has 1 atom stereocenters. The van der Waals surface area contributed by atoms with Gasteiger partial charge in [-0.2, -0.15) is 0 Å². The van der Waals surface area contributed by atoms with Crippen molar-refractivity contribution in [2.24, 2.45) is 5.92 Å². The lowest BCUT2D eigenvalue weighted by molar-refractivity contribution is 0.217. The Hall–Kier alpha value is -0.0800. The molecule has 1 rings (SSSR count). The van der Waals surface area contributed by atoms with Crippen LogP contribution in [-0.4, -0.2) is 37.1 Å². The van der Waals surface area contributed by atoms with E-state index in [4.69, 9.17) is 0 Å². The van der Waals surface area contributed by atoms with Gasteiger partial charge in [0.05, 0.1) is 0 Å². The van der Waals surface area contributed by atoms with Crippen molar-refractivity contribution in [2.45, 2.75) is 58.5 Å². The Morgan fingerprint density at radius 1 is 1.33 bits per heavy atom. The van der Waals surface area contributed by atoms with Crippen molar-refractivity contribution in [1.29, 1.82) is 0 Å². The van der Waals surface area contributed by atoms with Crippen molar-refractivity contribution < 1.29 is 0 Å². The van der Waals surface area contributed by atoms with E-state index in [-0.39, 0.29) is 0 Å². The van der Waals surface area contributed by atoms with Gasteiger partial charge < -0.3 is 10.2 Å². The highest BCUT2D eigenvalue weighted by molar-refractivity contribution is 4.83. The van der Waals surface area contributed by atoms with Crippen LogP contribution in [0.3, 0.4) is 0 Å². The summed E-state index contributed by atoms with van der Waals surface area (Å²) in [5, 5.41) is 3.63. The molecule has 15 heavy (non-hydrogen) atoms. The highest BCUT2D eigenvalue weighted by atomic mass is 15.2. The van der Waals surface area contributed by atoms with E-state index in [0.29, 0.717) is 0 Å². The first kappa shape index (κ1) is 13.0. The average Bonchev–Trinajstić information content (AvgIpc) is 2.99. The summed E-state index contributed by atoms with van der Waals surface area (Å²) in [4.78, 5) is 2.52. The quantitative estimate of drug-likeness (QED) is 0.665. The second-order valence-corrected chi connectivity index (χ2v) is 5.41. The Balaban J connectivity index is 2.15. The fraction of sp³-hybridized carbons (Fsp3) is 1.00. The molecular weight excluding hydrogens is 184 g/mol. The zero-order valence-corrected chi connectivity index (χ0v) is 10.9. The third-order valence-corrected chi connectivity index (χ3v) is 3.37. The van der Waals surface area contributed by atoms with E-state index in [0.717, 1.165) is 18.0 Å². The number of likely N-dealkylation sites (N-methyl/N-ethyl adjacent to an activating group) is 1. The van der Waals surface area contributed by atoms with E-state index in [2.05, 4.69) is 38.0 Å². The van der Waals surface area contributed by atoms with Crippen LogP contribution in [0.1, 0.15) is 46.5 Å². The highest BCUT2D eigenvalue weighted by Crippen LogP contribution is 2.19. The average molecular weight is 212 g/mol. The van der Waals surface area contributed by atoms with Gasteiger partial charge in [-0.15, -0.1) is 0 Å². The van der Waals surface area contributed by atoms with Crippen molar-refractivity contribution in [2.75, 3.05) is 20.1 Å². The molecule has 2 heteroatoms. The summed E-state index contributed by atoms with van der Waals surface area (Å²) in [7, 11) is 2.27. The van der Waals surface area contributed by atoms with Crippen molar-refractivity contribution in [3.05, 3.63) is 0 Å². The monoisotopic (exact) mass is 212 g/mol. The van der Waals surface area contributed by atoms with Crippen LogP contribution in [0.25, 0.3) is 0 Å². The molecule has 1 fully saturated rings. The number of hydrogen-bond donors (Lipinski definition) is 1. The smallest absolute Gasteiger partial charge is 0.0215 e. The van der Waals surface area contributed by atoms with E-state index in [1.807, 2.05) is 0 Å². The third kappa shape index (κ3) is 5.53. The molecule has 1 saturated carbocycles. The first-order valence-corrected chi connectivity index (χ1v) is 6.57. The summed E-state index contributed by atoms with van der Waals surface area (Å²) in [6, 6.07) is 1.57. The van der Waals surface area contributed by atoms with Gasteiger partial charge in [-0.1, -0.05) is 20.8 Å². The topological polar surface area (TPSA) is 15.3 Å². The first-order chi connectivity index (χ1) is 7.13. The standard InChI is InChI=1S/C13H28N2/c1-5-13(10-14-12-6-7-12)15(4)9-8-11(2)3/h11-14H,5-10H2,1-4H3. The van der Waals surface area contributed by atoms with Gasteiger partial charge in [0.15, 0.2) is 0 Å². The minimum Gasteiger partial charge on any atom is -0.312 e. The van der Waals surface area contributed by atoms with Crippen molar-refractivity contribution in [1.82, 2.24) is 10.2 Å². The first-order valence-electron chi connectivity index (χ1n) is 6.57. The number of hydrogen-bond acceptors (Lipinski definition) is 2. The Morgan fingerprint density at radius 2 is 2.00 bits per heavy atom. The van der Waals surface area contributed by atoms with Gasteiger partial charge in [0.2, 0.25) is 0 Å². The van der Waals surface area contributed by atoms with Crippen LogP contribution in [0.5, 0.6) is 0 Å². The Kier molecular flexibility index (Phi) is 5.62. The molecule has 0 radical (unpaired) electrons. The summed E-state index contributed by atoms with van der Waals surface area (Å²) in [5.41, 5.74) is 0. The van der Waals surface area contributed by atoms with E-state index in [1.54, 1.807) is 0 Å². The zero-order valence-electron chi connectivity index (χ0n) is 10.9. The van der Waals surface area contributed by atoms with Crippen molar-refractivity contribution in [3.63, 3.8) is 0 Å². The summed E-state index contributed by atoms with van der Waals surface area (Å²) < 4.78 is 0. The largest absolute Gasteiger partial charge is 0.312 e. The molecule has 1 N–H and O–H groups in total. The molecule has 1 aliphatic carbocycles. The van der Waals surface area contributed by atoms with Gasteiger partial charge in [0.25, 0.3) is 0 Å². The van der Waals surface area contributed by atoms with Crippen LogP contribution in [0.15, 0.2) is 0 Å². The van der Waals surface area contributed by atoms with Gasteiger partial charge >= 0.3 is 0 Å². The Labute approximate surface area is 95.4 Å². The van der Waals surface area contributed by atoms with Gasteiger partial charge in [0.1, 0.15) is 0 Å². The van der Waals surface area contributed by atoms with Crippen molar-refractivity contribution >= 4 is 0 Å². The molecule has 0 aromatic carbocycles. The second kappa shape index (κ2) is 6.49. The number of rotatable bonds is 8. The molecule has 0 amide bonds. The minimum absolute atomic E-state index is 0.726. The van der Waals surface area contributed by atoms with E-state index in [1.165, 1.54) is 38.8 Å². The summed E-state index contributed by atoms with van der Waals surface area (Å²) in [6.45, 7) is 9.32. The molecule has 1 aliphatic rings. The van der Waals surface area contributed by atoms with Gasteiger partial charge in [-0.05, 0) is 45.2 Å². The van der Waals surface area contributed by atoms with Crippen LogP contribution < -0.4 is 5.32 Å². The molecule has 0 heterocycles. The maximum Gasteiger partial charge on any atom is 0.0215 e. The van der Waals surface area contributed by atoms with Gasteiger partial charge in [-0.25, -0.2) is 0 Å². The normalized spacial score (nSPS) is 18.8. The van der Waals surface area contributed by atoms with Crippen LogP contribution in [0.4, 0.5) is 0 Å². The zero-order chi connectivity index (χ0) is 11.3. The molecule has 0 saturated heterocycles. The maximum absolute atomic E-state index is 3.63. The molecule has 0 spiro atoms. The highest BCUT2D eigenvalue weighted by Gasteiger charge is 2.22. The SMILES string of the molecule is CCC(CNC1CC1)N(C)CCC(C)C.